The number of carbonyl (C=O) groups excluding carboxylic acids is 7. The first kappa shape index (κ1) is 72.7. The summed E-state index contributed by atoms with van der Waals surface area (Å²) in [7, 11) is 0. The summed E-state index contributed by atoms with van der Waals surface area (Å²) in [5, 5.41) is 37.2. The van der Waals surface area contributed by atoms with Crippen LogP contribution < -0.4 is 26.6 Å². The van der Waals surface area contributed by atoms with Crippen molar-refractivity contribution in [3.63, 3.8) is 0 Å². The molecule has 6 amide bonds. The van der Waals surface area contributed by atoms with E-state index in [1.165, 1.54) is 43.7 Å². The highest BCUT2D eigenvalue weighted by Gasteiger charge is 2.67. The van der Waals surface area contributed by atoms with Gasteiger partial charge in [-0.15, -0.1) is 0 Å². The monoisotopic (exact) mass is 1330 g/mol. The second kappa shape index (κ2) is 38.5. The molecule has 0 bridgehead atoms. The normalized spacial score (nSPS) is 16.0. The second-order valence-electron chi connectivity index (χ2n) is 23.4. The number of ketones is 1. The molecule has 1 aromatic carbocycles. The quantitative estimate of drug-likeness (QED) is 0.0140. The molecule has 91 heavy (non-hydrogen) atoms. The molecule has 27 heteroatoms. The number of carbonyl (C=O) groups is 9. The van der Waals surface area contributed by atoms with Crippen LogP contribution >= 0.6 is 15.9 Å². The zero-order valence-corrected chi connectivity index (χ0v) is 54.2. The van der Waals surface area contributed by atoms with Gasteiger partial charge in [0.1, 0.15) is 53.8 Å². The summed E-state index contributed by atoms with van der Waals surface area (Å²) < 4.78 is 23.9. The average Bonchev–Trinajstić information content (AvgIpc) is 1.54. The summed E-state index contributed by atoms with van der Waals surface area (Å²) in [6, 6.07) is 6.60. The number of likely N-dealkylation sites (tertiary alicyclic amines) is 1. The molecule has 4 heterocycles. The van der Waals surface area contributed by atoms with E-state index < -0.39 is 35.3 Å². The molecule has 6 rings (SSSR count). The minimum atomic E-state index is -1.20. The van der Waals surface area contributed by atoms with Gasteiger partial charge in [-0.3, -0.25) is 43.0 Å². The number of carboxylic acids is 2. The number of pyridine rings is 1. The fraction of sp³-hybridized carbons (Fsp3) is 0.609. The molecule has 0 spiro atoms. The van der Waals surface area contributed by atoms with Crippen molar-refractivity contribution in [2.75, 3.05) is 77.8 Å². The highest BCUT2D eigenvalue weighted by molar-refractivity contribution is 9.10. The number of ether oxygens (including phenoxy) is 4. The summed E-state index contributed by atoms with van der Waals surface area (Å²) in [6.45, 7) is 5.74. The summed E-state index contributed by atoms with van der Waals surface area (Å²) in [4.78, 5) is 128. The number of nitrogens with one attached hydrogen (secondary N) is 5. The number of piperidine rings is 1. The van der Waals surface area contributed by atoms with Crippen molar-refractivity contribution in [2.24, 2.45) is 5.41 Å². The van der Waals surface area contributed by atoms with E-state index in [0.717, 1.165) is 68.1 Å². The highest BCUT2D eigenvalue weighted by atomic mass is 79.9. The number of aryl methyl sites for hydroxylation is 2. The Hall–Kier alpha value is -7.33. The number of hydrogen-bond acceptors (Lipinski definition) is 17. The molecule has 1 saturated carbocycles. The minimum Gasteiger partial charge on any atom is -0.481 e. The van der Waals surface area contributed by atoms with Crippen LogP contribution in [0.4, 0.5) is 5.82 Å². The Morgan fingerprint density at radius 2 is 1.23 bits per heavy atom. The number of anilines is 1. The van der Waals surface area contributed by atoms with Gasteiger partial charge in [0, 0.05) is 80.6 Å². The van der Waals surface area contributed by atoms with Crippen molar-refractivity contribution in [2.45, 2.75) is 174 Å². The lowest BCUT2D eigenvalue weighted by molar-refractivity contribution is -0.142. The van der Waals surface area contributed by atoms with Gasteiger partial charge in [-0.05, 0) is 91.2 Å². The van der Waals surface area contributed by atoms with E-state index >= 15 is 0 Å². The third-order valence-corrected chi connectivity index (χ3v) is 16.6. The molecule has 7 N–H and O–H groups in total. The van der Waals surface area contributed by atoms with Crippen molar-refractivity contribution in [1.29, 1.82) is 0 Å². The van der Waals surface area contributed by atoms with Crippen molar-refractivity contribution in [3.8, 4) is 11.1 Å². The fourth-order valence-corrected chi connectivity index (χ4v) is 11.3. The zero-order valence-electron chi connectivity index (χ0n) is 52.7. The Bertz CT molecular complexity index is 3070. The van der Waals surface area contributed by atoms with Gasteiger partial charge in [-0.2, -0.15) is 5.10 Å². The van der Waals surface area contributed by atoms with Gasteiger partial charge in [0.15, 0.2) is 5.78 Å². The lowest BCUT2D eigenvalue weighted by Crippen LogP contribution is -2.47. The number of nitrogens with zero attached hydrogens (tertiary/aromatic N) is 6. The van der Waals surface area contributed by atoms with E-state index in [-0.39, 0.29) is 158 Å². The molecular formula is C64H90BrN11O15. The molecule has 26 nitrogen and oxygen atoms in total. The predicted molar refractivity (Wildman–Crippen MR) is 340 cm³/mol. The van der Waals surface area contributed by atoms with Crippen LogP contribution in [0.25, 0.3) is 22.0 Å². The lowest BCUT2D eigenvalue weighted by Gasteiger charge is -2.27. The topological polar surface area (TPSA) is 351 Å². The summed E-state index contributed by atoms with van der Waals surface area (Å²) in [6.07, 6.45) is 19.4. The standard InChI is InChI=1S/C64H90BrN11O15/c1-43-20-24-53(65)72-61(43)73-62(85)51-35-64(36-52(64)76(51)58(82)39-75-50-23-21-46(47-37-68-45(3)69-38-47)34-48(50)60(74-75)44(2)77)42-70-57(81)41-91-33-31-89-29-27-67-56(80)40-90-32-30-88-28-26-66-54(78)25-22-49(63(86)87)71-55(79)18-16-14-12-10-8-6-4-5-7-9-11-13-15-17-19-59(83)84/h20-21,23-24,34,37-38,49,51-52H,4-19,22,25-33,35-36,39-42H2,1-3H3,(H,66,78)(H,67,80)(H,70,81)(H,71,79)(H,83,84)(H,86,87)(H,72,73,85)/t49-,51-,52?,64-/m0/s1. The second-order valence-corrected chi connectivity index (χ2v) is 24.2. The molecule has 498 valence electrons. The first-order chi connectivity index (χ1) is 43.8. The van der Waals surface area contributed by atoms with Crippen molar-refractivity contribution in [1.82, 2.24) is 50.9 Å². The lowest BCUT2D eigenvalue weighted by atomic mass is 9.99. The maximum Gasteiger partial charge on any atom is 0.326 e. The minimum absolute atomic E-state index is 0.0512. The number of aliphatic carboxylic acids is 2. The van der Waals surface area contributed by atoms with Crippen LogP contribution in [0.15, 0.2) is 47.3 Å². The highest BCUT2D eigenvalue weighted by Crippen LogP contribution is 2.59. The predicted octanol–water partition coefficient (Wildman–Crippen LogP) is 6.56. The first-order valence-corrected chi connectivity index (χ1v) is 32.5. The number of carboxylic acid groups (broad SMARTS) is 2. The van der Waals surface area contributed by atoms with Crippen LogP contribution in [-0.2, 0) is 63.8 Å². The van der Waals surface area contributed by atoms with E-state index in [0.29, 0.717) is 40.0 Å². The molecule has 2 fully saturated rings. The van der Waals surface area contributed by atoms with E-state index in [9.17, 15) is 48.3 Å². The Morgan fingerprint density at radius 1 is 0.659 bits per heavy atom. The SMILES string of the molecule is CC(=O)c1nn(CC(=O)N2C3C[C@]3(CNC(=O)COCCOCCNC(=O)COCCOCCNC(=O)CC[C@H](NC(=O)CCCCCCCCCCCCCCCCC(=O)O)C(=O)O)C[C@H]2C(=O)Nc2nc(Br)ccc2C)c2ccc(-c3cnc(C)nc3)cc12. The van der Waals surface area contributed by atoms with Gasteiger partial charge in [-0.1, -0.05) is 89.2 Å². The largest absolute Gasteiger partial charge is 0.481 e. The number of Topliss-reactive ketones (excluding diaryl/α,β-unsaturated/α-hetero) is 1. The maximum absolute atomic E-state index is 14.5. The third-order valence-electron chi connectivity index (χ3n) is 16.1. The fourth-order valence-electron chi connectivity index (χ4n) is 11.0. The maximum atomic E-state index is 14.5. The molecule has 3 aromatic heterocycles. The number of fused-ring (bicyclic) bond motifs is 2. The van der Waals surface area contributed by atoms with Crippen molar-refractivity contribution in [3.05, 3.63) is 64.4 Å². The Balaban J connectivity index is 0.773. The van der Waals surface area contributed by atoms with E-state index in [1.807, 2.05) is 25.1 Å². The Morgan fingerprint density at radius 3 is 1.82 bits per heavy atom. The van der Waals surface area contributed by atoms with E-state index in [1.54, 1.807) is 36.4 Å². The number of halogens is 1. The van der Waals surface area contributed by atoms with Crippen molar-refractivity contribution < 1.29 is 72.3 Å². The third kappa shape index (κ3) is 25.0. The van der Waals surface area contributed by atoms with Crippen molar-refractivity contribution >= 4 is 85.8 Å². The number of hydrogen-bond donors (Lipinski definition) is 7. The van der Waals surface area contributed by atoms with Crippen LogP contribution in [0.2, 0.25) is 0 Å². The first-order valence-electron chi connectivity index (χ1n) is 31.7. The van der Waals surface area contributed by atoms with E-state index in [4.69, 9.17) is 24.1 Å². The van der Waals surface area contributed by atoms with Gasteiger partial charge >= 0.3 is 11.9 Å². The molecule has 1 aliphatic carbocycles. The van der Waals surface area contributed by atoms with Crippen LogP contribution in [0.1, 0.15) is 157 Å². The Labute approximate surface area is 539 Å². The number of aromatic nitrogens is 5. The van der Waals surface area contributed by atoms with Crippen LogP contribution in [0.3, 0.4) is 0 Å². The summed E-state index contributed by atoms with van der Waals surface area (Å²) >= 11 is 3.36. The number of amides is 6. The molecule has 1 aliphatic heterocycles. The van der Waals surface area contributed by atoms with Gasteiger partial charge in [0.25, 0.3) is 0 Å². The summed E-state index contributed by atoms with van der Waals surface area (Å²) in [5.74, 6) is -3.52. The molecule has 1 unspecified atom stereocenters. The van der Waals surface area contributed by atoms with Gasteiger partial charge in [0.05, 0.1) is 45.2 Å². The van der Waals surface area contributed by atoms with Crippen LogP contribution in [-0.4, -0.2) is 184 Å². The molecular weight excluding hydrogens is 1240 g/mol. The summed E-state index contributed by atoms with van der Waals surface area (Å²) in [5.41, 5.74) is 2.43. The molecule has 4 atom stereocenters. The molecule has 0 radical (unpaired) electrons. The number of unbranched alkanes of at least 4 members (excludes halogenated alkanes) is 13. The molecule has 2 aliphatic rings. The Kier molecular flexibility index (Phi) is 30.8. The molecule has 4 aromatic rings. The van der Waals surface area contributed by atoms with Crippen LogP contribution in [0, 0.1) is 19.3 Å². The van der Waals surface area contributed by atoms with Gasteiger partial charge in [0.2, 0.25) is 35.4 Å². The van der Waals surface area contributed by atoms with Gasteiger partial charge < -0.3 is 60.6 Å². The van der Waals surface area contributed by atoms with Gasteiger partial charge in [-0.25, -0.2) is 19.7 Å². The van der Waals surface area contributed by atoms with Crippen LogP contribution in [0.5, 0.6) is 0 Å². The number of benzene rings is 1. The van der Waals surface area contributed by atoms with E-state index in [2.05, 4.69) is 62.6 Å². The average molecular weight is 1330 g/mol. The molecule has 1 saturated heterocycles. The number of rotatable bonds is 46. The zero-order chi connectivity index (χ0) is 65.5. The smallest absolute Gasteiger partial charge is 0.326 e.